The van der Waals surface area contributed by atoms with Crippen molar-refractivity contribution in [2.24, 2.45) is 7.05 Å². The molecule has 5 nitrogen and oxygen atoms in total. The number of hydrogen-bond acceptors (Lipinski definition) is 3. The molecular weight excluding hydrogens is 352 g/mol. The normalized spacial score (nSPS) is 14.8. The second-order valence-electron chi connectivity index (χ2n) is 7.04. The number of methoxy groups -OCH3 is 1. The number of nitrogens with one attached hydrogen (secondary N) is 1. The summed E-state index contributed by atoms with van der Waals surface area (Å²) < 4.78 is 12.4. The molecule has 1 N–H and O–H groups in total. The maximum absolute atomic E-state index is 11.7. The molecule has 5 heteroatoms. The Morgan fingerprint density at radius 1 is 0.964 bits per heavy atom. The quantitative estimate of drug-likeness (QED) is 0.241. The van der Waals surface area contributed by atoms with E-state index < -0.39 is 6.16 Å². The predicted octanol–water partition coefficient (Wildman–Crippen LogP) is 3.42. The van der Waals surface area contributed by atoms with Gasteiger partial charge in [-0.1, -0.05) is 24.3 Å². The molecule has 1 aromatic heterocycles. The predicted molar refractivity (Wildman–Crippen MR) is 107 cm³/mol. The lowest BCUT2D eigenvalue weighted by Gasteiger charge is -2.24. The van der Waals surface area contributed by atoms with Gasteiger partial charge >= 0.3 is 6.16 Å². The minimum atomic E-state index is -0.716. The number of aryl methyl sites for hydroxylation is 1. The van der Waals surface area contributed by atoms with Gasteiger partial charge in [-0.05, 0) is 18.2 Å². The van der Waals surface area contributed by atoms with E-state index in [9.17, 15) is 4.79 Å². The molecule has 0 bridgehead atoms. The van der Waals surface area contributed by atoms with Crippen LogP contribution in [0.3, 0.4) is 0 Å². The van der Waals surface area contributed by atoms with E-state index in [0.717, 1.165) is 22.0 Å². The fourth-order valence-electron chi connectivity index (χ4n) is 4.33. The molecule has 1 atom stereocenters. The van der Waals surface area contributed by atoms with Gasteiger partial charge in [0.05, 0.1) is 19.5 Å². The summed E-state index contributed by atoms with van der Waals surface area (Å²) in [7, 11) is 5.54. The van der Waals surface area contributed by atoms with Crippen LogP contribution in [0.4, 0.5) is 16.2 Å². The summed E-state index contributed by atoms with van der Waals surface area (Å²) in [5.74, 6) is 0.484. The van der Waals surface area contributed by atoms with Crippen LogP contribution >= 0.6 is 0 Å². The van der Waals surface area contributed by atoms with Crippen LogP contribution in [-0.4, -0.2) is 20.3 Å². The summed E-state index contributed by atoms with van der Waals surface area (Å²) in [4.78, 5) is 12.9. The molecule has 28 heavy (non-hydrogen) atoms. The van der Waals surface area contributed by atoms with Crippen molar-refractivity contribution in [3.8, 4) is 17.0 Å². The van der Waals surface area contributed by atoms with E-state index in [4.69, 9.17) is 9.47 Å². The van der Waals surface area contributed by atoms with Gasteiger partial charge in [0.15, 0.2) is 5.69 Å². The van der Waals surface area contributed by atoms with Crippen LogP contribution in [0.2, 0.25) is 0 Å². The highest BCUT2D eigenvalue weighted by atomic mass is 16.7. The first kappa shape index (κ1) is 16.7. The SMILES string of the molecule is COC(=O)Oc1cc2c3c([n+](C)c4ccccc4c3c1)-c1ccccc1[NH+]2C. The van der Waals surface area contributed by atoms with E-state index in [1.165, 1.54) is 34.3 Å². The van der Waals surface area contributed by atoms with Crippen molar-refractivity contribution in [1.29, 1.82) is 0 Å². The lowest BCUT2D eigenvalue weighted by molar-refractivity contribution is -0.734. The number of aromatic nitrogens is 1. The van der Waals surface area contributed by atoms with Crippen LogP contribution in [0.1, 0.15) is 0 Å². The van der Waals surface area contributed by atoms with Crippen molar-refractivity contribution < 1.29 is 23.7 Å². The van der Waals surface area contributed by atoms with Crippen molar-refractivity contribution in [2.75, 3.05) is 14.2 Å². The highest BCUT2D eigenvalue weighted by molar-refractivity contribution is 6.14. The van der Waals surface area contributed by atoms with Crippen molar-refractivity contribution in [3.05, 3.63) is 60.7 Å². The van der Waals surface area contributed by atoms with Crippen LogP contribution in [-0.2, 0) is 11.8 Å². The van der Waals surface area contributed by atoms with Crippen LogP contribution in [0.5, 0.6) is 5.75 Å². The highest BCUT2D eigenvalue weighted by Gasteiger charge is 2.35. The van der Waals surface area contributed by atoms with Gasteiger partial charge in [-0.15, -0.1) is 0 Å². The number of para-hydroxylation sites is 2. The number of nitrogens with zero attached hydrogens (tertiary/aromatic N) is 1. The van der Waals surface area contributed by atoms with E-state index in [0.29, 0.717) is 5.75 Å². The van der Waals surface area contributed by atoms with Gasteiger partial charge in [0, 0.05) is 23.6 Å². The Labute approximate surface area is 162 Å². The summed E-state index contributed by atoms with van der Waals surface area (Å²) in [5, 5.41) is 3.36. The topological polar surface area (TPSA) is 43.9 Å². The molecule has 0 saturated carbocycles. The third kappa shape index (κ3) is 2.23. The number of carbonyl (C=O) groups is 1. The van der Waals surface area contributed by atoms with Gasteiger partial charge in [-0.3, -0.25) is 4.90 Å². The Balaban J connectivity index is 1.97. The molecule has 4 aromatic rings. The molecule has 0 fully saturated rings. The van der Waals surface area contributed by atoms with Gasteiger partial charge in [0.2, 0.25) is 11.2 Å². The Bertz CT molecular complexity index is 1280. The Morgan fingerprint density at radius 3 is 2.54 bits per heavy atom. The molecule has 0 spiro atoms. The fourth-order valence-corrected chi connectivity index (χ4v) is 4.33. The highest BCUT2D eigenvalue weighted by Crippen LogP contribution is 2.42. The number of carbonyl (C=O) groups excluding carboxylic acids is 1. The smallest absolute Gasteiger partial charge is 0.437 e. The number of rotatable bonds is 1. The first-order valence-electron chi connectivity index (χ1n) is 9.18. The van der Waals surface area contributed by atoms with Gasteiger partial charge in [-0.2, -0.15) is 4.57 Å². The number of ether oxygens (including phenoxy) is 2. The Hall–Kier alpha value is -3.44. The zero-order valence-corrected chi connectivity index (χ0v) is 15.9. The second-order valence-corrected chi connectivity index (χ2v) is 7.04. The molecule has 5 rings (SSSR count). The molecule has 3 aromatic carbocycles. The van der Waals surface area contributed by atoms with E-state index in [-0.39, 0.29) is 0 Å². The average Bonchev–Trinajstić information content (AvgIpc) is 2.73. The summed E-state index contributed by atoms with van der Waals surface area (Å²) in [6.07, 6.45) is -0.716. The van der Waals surface area contributed by atoms with E-state index >= 15 is 0 Å². The minimum Gasteiger partial charge on any atom is -0.437 e. The molecule has 0 aliphatic carbocycles. The fraction of sp³-hybridized carbons (Fsp3) is 0.130. The van der Waals surface area contributed by atoms with Crippen molar-refractivity contribution in [3.63, 3.8) is 0 Å². The maximum atomic E-state index is 11.7. The summed E-state index contributed by atoms with van der Waals surface area (Å²) in [6.45, 7) is 0. The van der Waals surface area contributed by atoms with Crippen LogP contribution in [0, 0.1) is 0 Å². The third-order valence-electron chi connectivity index (χ3n) is 5.60. The third-order valence-corrected chi connectivity index (χ3v) is 5.60. The number of quaternary nitrogens is 1. The van der Waals surface area contributed by atoms with Crippen molar-refractivity contribution in [2.45, 2.75) is 0 Å². The standard InChI is InChI=1S/C23H19N2O3/c1-24-19-11-7-5-9-16(19)22-21-17(15-8-4-6-10-18(15)25(22)2)12-14(13-20(21)24)28-23(26)27-3/h4-13H,1-3H3/q+1/p+1. The first-order valence-corrected chi connectivity index (χ1v) is 9.18. The minimum absolute atomic E-state index is 0.484. The molecular formula is C23H20N2O3+2. The molecule has 0 radical (unpaired) electrons. The summed E-state index contributed by atoms with van der Waals surface area (Å²) >= 11 is 0. The van der Waals surface area contributed by atoms with Gasteiger partial charge < -0.3 is 9.47 Å². The number of hydrogen-bond donors (Lipinski definition) is 1. The average molecular weight is 372 g/mol. The van der Waals surface area contributed by atoms with Crippen molar-refractivity contribution >= 4 is 39.2 Å². The second kappa shape index (κ2) is 6.04. The van der Waals surface area contributed by atoms with Crippen LogP contribution in [0.25, 0.3) is 32.9 Å². The molecule has 138 valence electrons. The van der Waals surface area contributed by atoms with Gasteiger partial charge in [0.25, 0.3) is 0 Å². The molecule has 1 unspecified atom stereocenters. The monoisotopic (exact) mass is 372 g/mol. The molecule has 0 saturated heterocycles. The van der Waals surface area contributed by atoms with Crippen LogP contribution in [0.15, 0.2) is 60.7 Å². The van der Waals surface area contributed by atoms with Gasteiger partial charge in [-0.25, -0.2) is 4.79 Å². The van der Waals surface area contributed by atoms with E-state index in [2.05, 4.69) is 55.1 Å². The van der Waals surface area contributed by atoms with Gasteiger partial charge in [0.1, 0.15) is 29.4 Å². The zero-order chi connectivity index (χ0) is 19.4. The Morgan fingerprint density at radius 2 is 1.71 bits per heavy atom. The number of benzene rings is 3. The first-order chi connectivity index (χ1) is 13.6. The number of fused-ring (bicyclic) bond motifs is 4. The Kier molecular flexibility index (Phi) is 3.60. The van der Waals surface area contributed by atoms with E-state index in [1.807, 2.05) is 24.3 Å². The molecule has 1 aliphatic heterocycles. The molecule has 1 aliphatic rings. The molecule has 2 heterocycles. The largest absolute Gasteiger partial charge is 0.513 e. The number of pyridine rings is 1. The lowest BCUT2D eigenvalue weighted by Crippen LogP contribution is -2.99. The maximum Gasteiger partial charge on any atom is 0.513 e. The molecule has 0 amide bonds. The zero-order valence-electron chi connectivity index (χ0n) is 15.9. The summed E-state index contributed by atoms with van der Waals surface area (Å²) in [5.41, 5.74) is 5.78. The van der Waals surface area contributed by atoms with Crippen molar-refractivity contribution in [1.82, 2.24) is 0 Å². The summed E-state index contributed by atoms with van der Waals surface area (Å²) in [6, 6.07) is 20.6. The van der Waals surface area contributed by atoms with Crippen LogP contribution < -0.4 is 14.2 Å². The van der Waals surface area contributed by atoms with E-state index in [1.54, 1.807) is 0 Å². The lowest BCUT2D eigenvalue weighted by atomic mass is 9.93.